The second-order valence-corrected chi connectivity index (χ2v) is 7.60. The monoisotopic (exact) mass is 425 g/mol. The third kappa shape index (κ3) is 4.60. The van der Waals surface area contributed by atoms with Crippen LogP contribution in [0.1, 0.15) is 25.7 Å². The van der Waals surface area contributed by atoms with Gasteiger partial charge < -0.3 is 11.1 Å². The van der Waals surface area contributed by atoms with Crippen molar-refractivity contribution < 1.29 is 13.6 Å². The van der Waals surface area contributed by atoms with Gasteiger partial charge in [0.05, 0.1) is 6.20 Å². The molecule has 0 unspecified atom stereocenters. The number of nitrogens with zero attached hydrogens (tertiary/aromatic N) is 3. The van der Waals surface area contributed by atoms with Crippen LogP contribution in [0.3, 0.4) is 0 Å². The number of pyridine rings is 1. The van der Waals surface area contributed by atoms with Gasteiger partial charge in [0.15, 0.2) is 5.82 Å². The Morgan fingerprint density at radius 2 is 1.90 bits per heavy atom. The van der Waals surface area contributed by atoms with Gasteiger partial charge in [-0.3, -0.25) is 14.2 Å². The van der Waals surface area contributed by atoms with Gasteiger partial charge in [-0.05, 0) is 49.6 Å². The van der Waals surface area contributed by atoms with E-state index in [0.717, 1.165) is 25.5 Å². The van der Waals surface area contributed by atoms with Crippen LogP contribution in [0.5, 0.6) is 0 Å². The predicted molar refractivity (Wildman–Crippen MR) is 112 cm³/mol. The second-order valence-electron chi connectivity index (χ2n) is 7.60. The molecule has 0 spiro atoms. The Balaban J connectivity index is 1.63. The van der Waals surface area contributed by atoms with E-state index in [1.165, 1.54) is 47.2 Å². The summed E-state index contributed by atoms with van der Waals surface area (Å²) in [6, 6.07) is 8.13. The molecule has 31 heavy (non-hydrogen) atoms. The Hall–Kier alpha value is -3.62. The first kappa shape index (κ1) is 20.6. The smallest absolute Gasteiger partial charge is 0.255 e. The van der Waals surface area contributed by atoms with E-state index in [2.05, 4.69) is 15.3 Å². The topological polar surface area (TPSA) is 103 Å². The number of carbonyl (C=O) groups is 1. The minimum absolute atomic E-state index is 0.0237. The van der Waals surface area contributed by atoms with E-state index < -0.39 is 11.6 Å². The standard InChI is InChI=1S/C22H21F2N5O2/c23-15-5-7-17(8-6-15)29-12-14(4-9-19(29)30)20-18(24)11-26-22(28-20)27-16-3-1-2-13(10-16)21(25)31/h4-9,11-13,16H,1-3,10H2,(H2,25,31)(H,26,27,28)/t13-,16+/m1/s1. The lowest BCUT2D eigenvalue weighted by molar-refractivity contribution is -0.122. The summed E-state index contributed by atoms with van der Waals surface area (Å²) in [7, 11) is 0. The molecule has 1 amide bonds. The van der Waals surface area contributed by atoms with Crippen LogP contribution >= 0.6 is 0 Å². The molecule has 4 rings (SSSR count). The number of primary amides is 1. The number of anilines is 1. The van der Waals surface area contributed by atoms with Gasteiger partial charge in [0.25, 0.3) is 5.56 Å². The van der Waals surface area contributed by atoms with E-state index in [-0.39, 0.29) is 35.1 Å². The number of amides is 1. The van der Waals surface area contributed by atoms with Gasteiger partial charge in [-0.1, -0.05) is 6.42 Å². The van der Waals surface area contributed by atoms with Crippen molar-refractivity contribution in [1.82, 2.24) is 14.5 Å². The Bertz CT molecular complexity index is 1160. The summed E-state index contributed by atoms with van der Waals surface area (Å²) in [4.78, 5) is 32.1. The van der Waals surface area contributed by atoms with Crippen LogP contribution in [0, 0.1) is 17.6 Å². The fourth-order valence-corrected chi connectivity index (χ4v) is 3.83. The van der Waals surface area contributed by atoms with Crippen molar-refractivity contribution in [3.8, 4) is 16.9 Å². The molecule has 9 heteroatoms. The highest BCUT2D eigenvalue weighted by atomic mass is 19.1. The molecule has 160 valence electrons. The highest BCUT2D eigenvalue weighted by molar-refractivity contribution is 5.76. The van der Waals surface area contributed by atoms with Crippen molar-refractivity contribution in [3.05, 3.63) is 70.8 Å². The van der Waals surface area contributed by atoms with E-state index >= 15 is 0 Å². The third-order valence-electron chi connectivity index (χ3n) is 5.44. The Kier molecular flexibility index (Phi) is 5.75. The fraction of sp³-hybridized carbons (Fsp3) is 0.273. The fourth-order valence-electron chi connectivity index (χ4n) is 3.83. The minimum atomic E-state index is -0.645. The molecule has 7 nitrogen and oxygen atoms in total. The Labute approximate surface area is 177 Å². The molecule has 0 saturated heterocycles. The molecule has 1 saturated carbocycles. The summed E-state index contributed by atoms with van der Waals surface area (Å²) in [6.45, 7) is 0. The molecule has 1 aliphatic rings. The van der Waals surface area contributed by atoms with Crippen LogP contribution in [-0.4, -0.2) is 26.5 Å². The van der Waals surface area contributed by atoms with Crippen LogP contribution in [-0.2, 0) is 4.79 Å². The maximum atomic E-state index is 14.5. The first-order valence-corrected chi connectivity index (χ1v) is 9.98. The maximum absolute atomic E-state index is 14.5. The number of hydrogen-bond acceptors (Lipinski definition) is 5. The normalized spacial score (nSPS) is 18.5. The molecule has 1 aromatic carbocycles. The van der Waals surface area contributed by atoms with E-state index in [0.29, 0.717) is 17.7 Å². The van der Waals surface area contributed by atoms with Crippen molar-refractivity contribution in [2.45, 2.75) is 31.7 Å². The van der Waals surface area contributed by atoms with Crippen LogP contribution < -0.4 is 16.6 Å². The van der Waals surface area contributed by atoms with Crippen LogP contribution in [0.4, 0.5) is 14.7 Å². The molecule has 1 aliphatic carbocycles. The van der Waals surface area contributed by atoms with Crippen LogP contribution in [0.2, 0.25) is 0 Å². The van der Waals surface area contributed by atoms with Gasteiger partial charge in [-0.2, -0.15) is 0 Å². The number of benzene rings is 1. The zero-order valence-corrected chi connectivity index (χ0v) is 16.6. The predicted octanol–water partition coefficient (Wildman–Crippen LogP) is 3.03. The summed E-state index contributed by atoms with van der Waals surface area (Å²) in [5.74, 6) is -1.37. The SMILES string of the molecule is NC(=O)[C@@H]1CCC[C@H](Nc2ncc(F)c(-c3ccc(=O)n(-c4ccc(F)cc4)c3)n2)C1. The zero-order valence-electron chi connectivity index (χ0n) is 16.6. The molecular formula is C22H21F2N5O2. The molecule has 1 fully saturated rings. The second kappa shape index (κ2) is 8.63. The number of nitrogens with one attached hydrogen (secondary N) is 1. The number of carbonyl (C=O) groups excluding carboxylic acids is 1. The molecule has 0 aliphatic heterocycles. The largest absolute Gasteiger partial charge is 0.369 e. The van der Waals surface area contributed by atoms with Gasteiger partial charge >= 0.3 is 0 Å². The molecule has 0 bridgehead atoms. The van der Waals surface area contributed by atoms with Crippen molar-refractivity contribution in [1.29, 1.82) is 0 Å². The van der Waals surface area contributed by atoms with Crippen molar-refractivity contribution >= 4 is 11.9 Å². The number of hydrogen-bond donors (Lipinski definition) is 2. The van der Waals surface area contributed by atoms with E-state index in [1.54, 1.807) is 0 Å². The lowest BCUT2D eigenvalue weighted by atomic mass is 9.85. The molecule has 0 radical (unpaired) electrons. The van der Waals surface area contributed by atoms with Crippen molar-refractivity contribution in [3.63, 3.8) is 0 Å². The maximum Gasteiger partial charge on any atom is 0.255 e. The van der Waals surface area contributed by atoms with Gasteiger partial charge in [0.1, 0.15) is 11.5 Å². The summed E-state index contributed by atoms with van der Waals surface area (Å²) >= 11 is 0. The van der Waals surface area contributed by atoms with Gasteiger partial charge in [0.2, 0.25) is 11.9 Å². The Morgan fingerprint density at radius 1 is 1.13 bits per heavy atom. The molecule has 2 atom stereocenters. The quantitative estimate of drug-likeness (QED) is 0.654. The van der Waals surface area contributed by atoms with E-state index in [1.807, 2.05) is 0 Å². The highest BCUT2D eigenvalue weighted by Crippen LogP contribution is 2.27. The van der Waals surface area contributed by atoms with E-state index in [9.17, 15) is 18.4 Å². The first-order chi connectivity index (χ1) is 14.9. The van der Waals surface area contributed by atoms with Gasteiger partial charge in [-0.25, -0.2) is 18.7 Å². The van der Waals surface area contributed by atoms with Crippen LogP contribution in [0.25, 0.3) is 16.9 Å². The highest BCUT2D eigenvalue weighted by Gasteiger charge is 2.26. The molecule has 2 heterocycles. The summed E-state index contributed by atoms with van der Waals surface area (Å²) in [5, 5.41) is 3.16. The lowest BCUT2D eigenvalue weighted by Crippen LogP contribution is -2.34. The number of aromatic nitrogens is 3. The average Bonchev–Trinajstić information content (AvgIpc) is 2.76. The van der Waals surface area contributed by atoms with Crippen molar-refractivity contribution in [2.75, 3.05) is 5.32 Å². The molecular weight excluding hydrogens is 404 g/mol. The van der Waals surface area contributed by atoms with Crippen LogP contribution in [0.15, 0.2) is 53.6 Å². The molecule has 3 N–H and O–H groups in total. The number of halogens is 2. The lowest BCUT2D eigenvalue weighted by Gasteiger charge is -2.27. The number of rotatable bonds is 5. The van der Waals surface area contributed by atoms with Crippen molar-refractivity contribution in [2.24, 2.45) is 11.7 Å². The van der Waals surface area contributed by atoms with E-state index in [4.69, 9.17) is 5.73 Å². The minimum Gasteiger partial charge on any atom is -0.369 e. The molecule has 3 aromatic rings. The summed E-state index contributed by atoms with van der Waals surface area (Å²) < 4.78 is 29.1. The summed E-state index contributed by atoms with van der Waals surface area (Å²) in [6.07, 6.45) is 5.52. The molecule has 2 aromatic heterocycles. The number of nitrogens with two attached hydrogens (primary N) is 1. The van der Waals surface area contributed by atoms with Gasteiger partial charge in [-0.15, -0.1) is 0 Å². The van der Waals surface area contributed by atoms with Gasteiger partial charge in [0, 0.05) is 35.5 Å². The first-order valence-electron chi connectivity index (χ1n) is 9.98. The summed E-state index contributed by atoms with van der Waals surface area (Å²) in [5.41, 5.74) is 5.92. The Morgan fingerprint density at radius 3 is 2.65 bits per heavy atom. The average molecular weight is 425 g/mol. The third-order valence-corrected chi connectivity index (χ3v) is 5.44. The zero-order chi connectivity index (χ0) is 22.0.